The highest BCUT2D eigenvalue weighted by Gasteiger charge is 2.34. The molecule has 4 rings (SSSR count). The Kier molecular flexibility index (Phi) is 5.77. The first kappa shape index (κ1) is 18.9. The second kappa shape index (κ2) is 8.26. The molecule has 2 aliphatic heterocycles. The molecule has 1 aromatic heterocycles. The predicted octanol–water partition coefficient (Wildman–Crippen LogP) is 1.84. The summed E-state index contributed by atoms with van der Waals surface area (Å²) in [5.74, 6) is -0.404. The summed E-state index contributed by atoms with van der Waals surface area (Å²) in [6.07, 6.45) is 6.14. The molecule has 0 aromatic carbocycles. The summed E-state index contributed by atoms with van der Waals surface area (Å²) >= 11 is 1.42. The van der Waals surface area contributed by atoms with Crippen LogP contribution >= 0.6 is 11.3 Å². The summed E-state index contributed by atoms with van der Waals surface area (Å²) in [6.45, 7) is 4.70. The number of rotatable bonds is 7. The highest BCUT2D eigenvalue weighted by Crippen LogP contribution is 2.41. The largest absolute Gasteiger partial charge is 0.365 e. The van der Waals surface area contributed by atoms with Gasteiger partial charge in [-0.15, -0.1) is 11.3 Å². The van der Waals surface area contributed by atoms with Gasteiger partial charge >= 0.3 is 0 Å². The molecule has 0 spiro atoms. The topological polar surface area (TPSA) is 96.7 Å². The van der Waals surface area contributed by atoms with Gasteiger partial charge in [-0.2, -0.15) is 0 Å². The van der Waals surface area contributed by atoms with Crippen molar-refractivity contribution in [2.45, 2.75) is 44.8 Å². The van der Waals surface area contributed by atoms with Crippen LogP contribution in [0, 0.1) is 5.92 Å². The Bertz CT molecular complexity index is 710. The van der Waals surface area contributed by atoms with Gasteiger partial charge in [0.25, 0.3) is 5.91 Å². The third-order valence-corrected chi connectivity index (χ3v) is 6.74. The zero-order valence-electron chi connectivity index (χ0n) is 15.6. The highest BCUT2D eigenvalue weighted by atomic mass is 32.1. The molecule has 8 heteroatoms. The molecule has 148 valence electrons. The quantitative estimate of drug-likeness (QED) is 0.658. The number of fused-ring (bicyclic) bond motifs is 1. The fourth-order valence-electron chi connectivity index (χ4n) is 3.89. The van der Waals surface area contributed by atoms with Crippen molar-refractivity contribution in [2.75, 3.05) is 38.1 Å². The van der Waals surface area contributed by atoms with Crippen LogP contribution in [0.5, 0.6) is 0 Å². The number of primary amides is 1. The molecular weight excluding hydrogens is 364 g/mol. The number of likely N-dealkylation sites (tertiary alicyclic amines) is 1. The fraction of sp³-hybridized carbons (Fsp3) is 0.684. The number of ether oxygens (including phenoxy) is 1. The number of carbonyl (C=O) groups is 2. The summed E-state index contributed by atoms with van der Waals surface area (Å²) < 4.78 is 5.92. The normalized spacial score (nSPS) is 23.0. The molecule has 1 saturated heterocycles. The number of nitrogens with zero attached hydrogens (tertiary/aromatic N) is 1. The number of anilines is 1. The van der Waals surface area contributed by atoms with E-state index < -0.39 is 5.91 Å². The van der Waals surface area contributed by atoms with Crippen molar-refractivity contribution in [3.63, 3.8) is 0 Å². The van der Waals surface area contributed by atoms with Crippen LogP contribution in [-0.4, -0.2) is 49.5 Å². The Morgan fingerprint density at radius 3 is 2.70 bits per heavy atom. The molecule has 0 bridgehead atoms. The van der Waals surface area contributed by atoms with E-state index in [4.69, 9.17) is 10.5 Å². The van der Waals surface area contributed by atoms with Gasteiger partial charge in [0.15, 0.2) is 0 Å². The number of carbonyl (C=O) groups excluding carboxylic acids is 2. The maximum Gasteiger partial charge on any atom is 0.251 e. The van der Waals surface area contributed by atoms with Crippen LogP contribution in [0.4, 0.5) is 5.00 Å². The van der Waals surface area contributed by atoms with Gasteiger partial charge in [-0.3, -0.25) is 14.9 Å². The number of nitrogens with one attached hydrogen (secondary N) is 2. The summed E-state index contributed by atoms with van der Waals surface area (Å²) in [5.41, 5.74) is 7.04. The number of amides is 2. The monoisotopic (exact) mass is 392 g/mol. The maximum atomic E-state index is 12.2. The molecule has 1 aliphatic carbocycles. The predicted molar refractivity (Wildman–Crippen MR) is 105 cm³/mol. The molecule has 7 nitrogen and oxygen atoms in total. The fourth-order valence-corrected chi connectivity index (χ4v) is 5.18. The molecule has 2 amide bonds. The number of hydrogen-bond donors (Lipinski definition) is 3. The number of thiophene rings is 1. The average Bonchev–Trinajstić information content (AvgIpc) is 3.44. The zero-order chi connectivity index (χ0) is 18.8. The van der Waals surface area contributed by atoms with Crippen LogP contribution in [-0.2, 0) is 16.0 Å². The molecule has 27 heavy (non-hydrogen) atoms. The van der Waals surface area contributed by atoms with Gasteiger partial charge in [0.2, 0.25) is 5.91 Å². The Labute approximate surface area is 163 Å². The van der Waals surface area contributed by atoms with Crippen molar-refractivity contribution in [1.29, 1.82) is 0 Å². The second-order valence-electron chi connectivity index (χ2n) is 7.63. The van der Waals surface area contributed by atoms with E-state index in [0.29, 0.717) is 23.6 Å². The minimum absolute atomic E-state index is 0.00776. The first-order valence-electron chi connectivity index (χ1n) is 9.97. The minimum Gasteiger partial charge on any atom is -0.365 e. The Balaban J connectivity index is 1.45. The highest BCUT2D eigenvalue weighted by molar-refractivity contribution is 7.17. The van der Waals surface area contributed by atoms with E-state index in [2.05, 4.69) is 15.5 Å². The molecule has 2 fully saturated rings. The van der Waals surface area contributed by atoms with Gasteiger partial charge in [0.05, 0.1) is 17.0 Å². The van der Waals surface area contributed by atoms with Gasteiger partial charge in [0, 0.05) is 19.0 Å². The Morgan fingerprint density at radius 1 is 1.22 bits per heavy atom. The molecule has 1 atom stereocenters. The molecule has 3 heterocycles. The lowest BCUT2D eigenvalue weighted by Crippen LogP contribution is -2.38. The Morgan fingerprint density at radius 2 is 2.00 bits per heavy atom. The number of nitrogens with two attached hydrogens (primary N) is 1. The van der Waals surface area contributed by atoms with Gasteiger partial charge in [0.1, 0.15) is 11.2 Å². The maximum absolute atomic E-state index is 12.2. The first-order chi connectivity index (χ1) is 13.1. The molecule has 0 radical (unpaired) electrons. The van der Waals surface area contributed by atoms with Crippen molar-refractivity contribution in [3.05, 3.63) is 16.0 Å². The molecule has 4 N–H and O–H groups in total. The molecule has 3 aliphatic rings. The van der Waals surface area contributed by atoms with Gasteiger partial charge in [-0.05, 0) is 50.8 Å². The van der Waals surface area contributed by atoms with E-state index in [1.54, 1.807) is 0 Å². The molecule has 1 unspecified atom stereocenters. The third-order valence-electron chi connectivity index (χ3n) is 5.55. The summed E-state index contributed by atoms with van der Waals surface area (Å²) in [4.78, 5) is 27.7. The molecule has 1 saturated carbocycles. The lowest BCUT2D eigenvalue weighted by atomic mass is 10.0. The van der Waals surface area contributed by atoms with Crippen LogP contribution in [0.1, 0.15) is 59.1 Å². The smallest absolute Gasteiger partial charge is 0.251 e. The first-order valence-corrected chi connectivity index (χ1v) is 10.8. The summed E-state index contributed by atoms with van der Waals surface area (Å²) in [5, 5.41) is 6.98. The van der Waals surface area contributed by atoms with E-state index >= 15 is 0 Å². The van der Waals surface area contributed by atoms with Crippen molar-refractivity contribution in [1.82, 2.24) is 10.2 Å². The van der Waals surface area contributed by atoms with Crippen LogP contribution in [0.15, 0.2) is 0 Å². The van der Waals surface area contributed by atoms with Gasteiger partial charge in [-0.25, -0.2) is 0 Å². The van der Waals surface area contributed by atoms with E-state index in [9.17, 15) is 9.59 Å². The van der Waals surface area contributed by atoms with E-state index in [1.807, 2.05) is 0 Å². The van der Waals surface area contributed by atoms with Crippen LogP contribution in [0.3, 0.4) is 0 Å². The minimum atomic E-state index is -0.479. The molecule has 1 aromatic rings. The van der Waals surface area contributed by atoms with E-state index in [-0.39, 0.29) is 18.1 Å². The number of hydrogen-bond acceptors (Lipinski definition) is 6. The van der Waals surface area contributed by atoms with Gasteiger partial charge in [-0.1, -0.05) is 6.42 Å². The van der Waals surface area contributed by atoms with Crippen molar-refractivity contribution >= 4 is 28.2 Å². The zero-order valence-corrected chi connectivity index (χ0v) is 16.4. The van der Waals surface area contributed by atoms with Crippen molar-refractivity contribution in [3.8, 4) is 0 Å². The average molecular weight is 393 g/mol. The third kappa shape index (κ3) is 4.34. The summed E-state index contributed by atoms with van der Waals surface area (Å²) in [6, 6.07) is 0. The van der Waals surface area contributed by atoms with Crippen LogP contribution in [0.25, 0.3) is 0 Å². The second-order valence-corrected chi connectivity index (χ2v) is 8.69. The van der Waals surface area contributed by atoms with E-state index in [1.165, 1.54) is 43.7 Å². The van der Waals surface area contributed by atoms with Gasteiger partial charge < -0.3 is 20.7 Å². The Hall–Kier alpha value is -1.48. The standard InChI is InChI=1S/C19H28N4O3S/c20-16(24)14-13-6-11-26-18(21-7-10-23-8-2-1-3-9-23)15(13)27-19(14)22-17(25)12-4-5-12/h12,18,21H,1-11H2,(H2,20,24)(H,22,25). The number of piperidine rings is 1. The van der Waals surface area contributed by atoms with Crippen molar-refractivity contribution in [2.24, 2.45) is 11.7 Å². The van der Waals surface area contributed by atoms with Crippen LogP contribution in [0.2, 0.25) is 0 Å². The van der Waals surface area contributed by atoms with Crippen molar-refractivity contribution < 1.29 is 14.3 Å². The lowest BCUT2D eigenvalue weighted by Gasteiger charge is -2.29. The van der Waals surface area contributed by atoms with Crippen LogP contribution < -0.4 is 16.4 Å². The van der Waals surface area contributed by atoms with E-state index in [0.717, 1.165) is 36.4 Å². The summed E-state index contributed by atoms with van der Waals surface area (Å²) in [7, 11) is 0. The SMILES string of the molecule is NC(=O)c1c(NC(=O)C2CC2)sc2c1CCOC2NCCN1CCCCC1. The molecular formula is C19H28N4O3S. The lowest BCUT2D eigenvalue weighted by molar-refractivity contribution is -0.117.